The third-order valence-electron chi connectivity index (χ3n) is 3.51. The van der Waals surface area contributed by atoms with E-state index in [2.05, 4.69) is 30.2 Å². The van der Waals surface area contributed by atoms with Crippen LogP contribution in [-0.2, 0) is 4.74 Å². The average molecular weight is 378 g/mol. The summed E-state index contributed by atoms with van der Waals surface area (Å²) in [4.78, 5) is 11.6. The fraction of sp³-hybridized carbons (Fsp3) is 0.118. The van der Waals surface area contributed by atoms with Crippen molar-refractivity contribution in [3.8, 4) is 16.9 Å². The molecule has 27 heavy (non-hydrogen) atoms. The van der Waals surface area contributed by atoms with Crippen molar-refractivity contribution in [3.05, 3.63) is 54.2 Å². The Morgan fingerprint density at radius 3 is 2.19 bits per heavy atom. The lowest BCUT2D eigenvalue weighted by molar-refractivity contribution is -0.274. The lowest BCUT2D eigenvalue weighted by atomic mass is 10.1. The zero-order chi connectivity index (χ0) is 19.4. The predicted molar refractivity (Wildman–Crippen MR) is 89.6 cm³/mol. The number of H-pyrrole nitrogens is 1. The second-order valence-electron chi connectivity index (χ2n) is 5.30. The number of rotatable bonds is 5. The number of halogens is 3. The van der Waals surface area contributed by atoms with Crippen molar-refractivity contribution in [2.24, 2.45) is 0 Å². The number of nitrogens with one attached hydrogen (secondary N) is 2. The first kappa shape index (κ1) is 18.2. The average Bonchev–Trinajstić information content (AvgIpc) is 3.09. The minimum Gasteiger partial charge on any atom is -0.464 e. The lowest BCUT2D eigenvalue weighted by Gasteiger charge is -2.10. The number of hydrogen-bond donors (Lipinski definition) is 2. The number of hydrogen-bond acceptors (Lipinski definition) is 6. The van der Waals surface area contributed by atoms with E-state index in [4.69, 9.17) is 0 Å². The molecule has 3 aromatic rings. The van der Waals surface area contributed by atoms with E-state index >= 15 is 0 Å². The van der Waals surface area contributed by atoms with Crippen molar-refractivity contribution in [1.29, 1.82) is 0 Å². The Hall–Kier alpha value is -3.56. The molecular formula is C17H13F3N4O3. The number of carbonyl (C=O) groups is 1. The molecule has 1 heterocycles. The smallest absolute Gasteiger partial charge is 0.464 e. The molecule has 0 unspecified atom stereocenters. The molecule has 3 rings (SSSR count). The van der Waals surface area contributed by atoms with Gasteiger partial charge in [0.05, 0.1) is 7.11 Å². The molecule has 2 aromatic carbocycles. The van der Waals surface area contributed by atoms with Gasteiger partial charge in [-0.2, -0.15) is 0 Å². The van der Waals surface area contributed by atoms with Gasteiger partial charge in [-0.15, -0.1) is 18.3 Å². The zero-order valence-electron chi connectivity index (χ0n) is 13.9. The van der Waals surface area contributed by atoms with Crippen molar-refractivity contribution in [2.75, 3.05) is 12.4 Å². The van der Waals surface area contributed by atoms with Crippen LogP contribution < -0.4 is 10.1 Å². The van der Waals surface area contributed by atoms with Crippen LogP contribution in [0.5, 0.6) is 5.75 Å². The van der Waals surface area contributed by atoms with Crippen LogP contribution in [-0.4, -0.2) is 34.9 Å². The number of anilines is 2. The molecule has 0 aliphatic rings. The molecule has 0 saturated heterocycles. The summed E-state index contributed by atoms with van der Waals surface area (Å²) in [5.74, 6) is -0.686. The second kappa shape index (κ2) is 7.36. The largest absolute Gasteiger partial charge is 0.573 e. The third-order valence-corrected chi connectivity index (χ3v) is 3.51. The van der Waals surface area contributed by atoms with E-state index < -0.39 is 12.3 Å². The lowest BCUT2D eigenvalue weighted by Crippen LogP contribution is -2.16. The summed E-state index contributed by atoms with van der Waals surface area (Å²) in [5, 5.41) is 12.7. The van der Waals surface area contributed by atoms with Gasteiger partial charge in [0.15, 0.2) is 11.5 Å². The topological polar surface area (TPSA) is 89.1 Å². The molecule has 0 atom stereocenters. The Labute approximate surface area is 151 Å². The molecule has 0 aliphatic carbocycles. The summed E-state index contributed by atoms with van der Waals surface area (Å²) in [5.41, 5.74) is 2.22. The summed E-state index contributed by atoms with van der Waals surface area (Å²) in [7, 11) is 1.24. The van der Waals surface area contributed by atoms with Crippen molar-refractivity contribution >= 4 is 17.5 Å². The second-order valence-corrected chi connectivity index (χ2v) is 5.30. The fourth-order valence-corrected chi connectivity index (χ4v) is 2.29. The van der Waals surface area contributed by atoms with Crippen LogP contribution in [0.4, 0.5) is 24.7 Å². The van der Waals surface area contributed by atoms with E-state index in [-0.39, 0.29) is 17.3 Å². The van der Waals surface area contributed by atoms with E-state index in [1.54, 1.807) is 24.3 Å². The first-order chi connectivity index (χ1) is 12.9. The highest BCUT2D eigenvalue weighted by atomic mass is 19.4. The first-order valence-corrected chi connectivity index (χ1v) is 7.58. The van der Waals surface area contributed by atoms with Crippen molar-refractivity contribution in [1.82, 2.24) is 15.4 Å². The molecule has 1 aromatic heterocycles. The molecule has 0 amide bonds. The number of nitrogens with zero attached hydrogens (tertiary/aromatic N) is 2. The number of esters is 1. The van der Waals surface area contributed by atoms with Gasteiger partial charge >= 0.3 is 12.3 Å². The normalized spacial score (nSPS) is 11.1. The van der Waals surface area contributed by atoms with Crippen LogP contribution in [0.1, 0.15) is 10.5 Å². The molecule has 10 heteroatoms. The van der Waals surface area contributed by atoms with Crippen molar-refractivity contribution in [2.45, 2.75) is 6.36 Å². The molecule has 140 valence electrons. The molecule has 0 bridgehead atoms. The Morgan fingerprint density at radius 1 is 1.04 bits per heavy atom. The molecule has 2 N–H and O–H groups in total. The van der Waals surface area contributed by atoms with Gasteiger partial charge in [0.25, 0.3) is 0 Å². The van der Waals surface area contributed by atoms with Crippen LogP contribution in [0.3, 0.4) is 0 Å². The van der Waals surface area contributed by atoms with Gasteiger partial charge < -0.3 is 14.8 Å². The zero-order valence-corrected chi connectivity index (χ0v) is 13.9. The number of aromatic nitrogens is 3. The number of ether oxygens (including phenoxy) is 2. The summed E-state index contributed by atoms with van der Waals surface area (Å²) >= 11 is 0. The fourth-order valence-electron chi connectivity index (χ4n) is 2.29. The van der Waals surface area contributed by atoms with Gasteiger partial charge in [0.1, 0.15) is 5.75 Å². The van der Waals surface area contributed by atoms with Crippen molar-refractivity contribution < 1.29 is 27.4 Å². The summed E-state index contributed by atoms with van der Waals surface area (Å²) < 4.78 is 45.1. The van der Waals surface area contributed by atoms with Crippen LogP contribution >= 0.6 is 0 Å². The molecular weight excluding hydrogens is 365 g/mol. The van der Waals surface area contributed by atoms with Gasteiger partial charge in [0.2, 0.25) is 0 Å². The van der Waals surface area contributed by atoms with E-state index in [1.165, 1.54) is 31.4 Å². The molecule has 0 spiro atoms. The third kappa shape index (κ3) is 4.54. The first-order valence-electron chi connectivity index (χ1n) is 7.58. The van der Waals surface area contributed by atoms with Gasteiger partial charge in [-0.05, 0) is 35.4 Å². The SMILES string of the molecule is COC(=O)c1[nH]nnc1Nc1ccc(-c2ccc(OC(F)(F)F)cc2)cc1. The standard InChI is InChI=1S/C17H13F3N4O3/c1-26-16(25)14-15(23-24-22-14)21-12-6-2-10(3-7-12)11-4-8-13(9-5-11)27-17(18,19)20/h2-9H,1H3,(H2,21,22,23,24). The molecule has 7 nitrogen and oxygen atoms in total. The minimum absolute atomic E-state index is 0.0850. The highest BCUT2D eigenvalue weighted by Crippen LogP contribution is 2.27. The van der Waals surface area contributed by atoms with Gasteiger partial charge in [-0.25, -0.2) is 9.89 Å². The van der Waals surface area contributed by atoms with Crippen LogP contribution in [0.2, 0.25) is 0 Å². The number of benzene rings is 2. The van der Waals surface area contributed by atoms with Gasteiger partial charge in [0, 0.05) is 5.69 Å². The maximum Gasteiger partial charge on any atom is 0.573 e. The summed E-state index contributed by atoms with van der Waals surface area (Å²) in [6.07, 6.45) is -4.72. The Balaban J connectivity index is 1.72. The molecule has 0 fully saturated rings. The number of aromatic amines is 1. The summed E-state index contributed by atoms with van der Waals surface area (Å²) in [6, 6.07) is 12.5. The minimum atomic E-state index is -4.72. The number of methoxy groups -OCH3 is 1. The Morgan fingerprint density at radius 2 is 1.63 bits per heavy atom. The quantitative estimate of drug-likeness (QED) is 0.655. The van der Waals surface area contributed by atoms with Crippen molar-refractivity contribution in [3.63, 3.8) is 0 Å². The monoisotopic (exact) mass is 378 g/mol. The Bertz CT molecular complexity index is 922. The Kier molecular flexibility index (Phi) is 4.97. The molecule has 0 aliphatic heterocycles. The highest BCUT2D eigenvalue weighted by Gasteiger charge is 2.30. The van der Waals surface area contributed by atoms with Crippen LogP contribution in [0.25, 0.3) is 11.1 Å². The van der Waals surface area contributed by atoms with E-state index in [9.17, 15) is 18.0 Å². The number of carbonyl (C=O) groups excluding carboxylic acids is 1. The van der Waals surface area contributed by atoms with Gasteiger partial charge in [-0.3, -0.25) is 0 Å². The molecule has 0 radical (unpaired) electrons. The van der Waals surface area contributed by atoms with Crippen LogP contribution in [0.15, 0.2) is 48.5 Å². The maximum atomic E-state index is 12.2. The van der Waals surface area contributed by atoms with E-state index in [0.29, 0.717) is 11.3 Å². The highest BCUT2D eigenvalue weighted by molar-refractivity contribution is 5.93. The van der Waals surface area contributed by atoms with E-state index in [1.807, 2.05) is 0 Å². The van der Waals surface area contributed by atoms with E-state index in [0.717, 1.165) is 5.56 Å². The van der Waals surface area contributed by atoms with Gasteiger partial charge in [-0.1, -0.05) is 29.5 Å². The van der Waals surface area contributed by atoms with Crippen LogP contribution in [0, 0.1) is 0 Å². The predicted octanol–water partition coefficient (Wildman–Crippen LogP) is 3.90. The maximum absolute atomic E-state index is 12.2. The summed E-state index contributed by atoms with van der Waals surface area (Å²) in [6.45, 7) is 0. The molecule has 0 saturated carbocycles. The number of alkyl halides is 3.